The Kier molecular flexibility index (Phi) is 5.83. The summed E-state index contributed by atoms with van der Waals surface area (Å²) in [7, 11) is 1.16. The van der Waals surface area contributed by atoms with Crippen LogP contribution in [0.4, 0.5) is 0 Å². The smallest absolute Gasteiger partial charge is 0.559 e. The predicted molar refractivity (Wildman–Crippen MR) is 29.6 cm³/mol. The van der Waals surface area contributed by atoms with Crippen molar-refractivity contribution >= 4 is 6.35 Å². The minimum absolute atomic E-state index is 0. The molecule has 4 nitrogen and oxygen atoms in total. The maximum Gasteiger partial charge on any atom is 1.00 e. The van der Waals surface area contributed by atoms with Crippen LogP contribution in [0.1, 0.15) is 0 Å². The van der Waals surface area contributed by atoms with Gasteiger partial charge in [-0.1, -0.05) is 17.9 Å². The van der Waals surface area contributed by atoms with E-state index >= 15 is 0 Å². The molecule has 0 spiro atoms. The van der Waals surface area contributed by atoms with Gasteiger partial charge >= 0.3 is 25.2 Å². The molecule has 0 aliphatic carbocycles. The minimum atomic E-state index is -2.53. The molecule has 0 N–H and O–H groups in total. The fourth-order valence-corrected chi connectivity index (χ4v) is 0.245. The summed E-state index contributed by atoms with van der Waals surface area (Å²) in [5.41, 5.74) is 0. The van der Waals surface area contributed by atoms with Gasteiger partial charge in [0.15, 0.2) is 0 Å². The Bertz CT molecular complexity index is 186. The first-order valence-electron chi connectivity index (χ1n) is 2.18. The van der Waals surface area contributed by atoms with E-state index in [0.29, 0.717) is 0 Å². The Hall–Kier alpha value is -0.908. The molecule has 0 bridgehead atoms. The topological polar surface area (TPSA) is 80.6 Å². The van der Waals surface area contributed by atoms with Crippen molar-refractivity contribution in [1.29, 1.82) is 15.8 Å². The van der Waals surface area contributed by atoms with Gasteiger partial charge in [0.05, 0.1) is 0 Å². The SMILES string of the molecule is CO[B-](C#N)(C#N)C#N.[Li+]. The fraction of sp³-hybridized carbons (Fsp3) is 0.250. The van der Waals surface area contributed by atoms with Crippen molar-refractivity contribution in [1.82, 2.24) is 0 Å². The average Bonchev–Trinajstić information content (AvgIpc) is 1.95. The third kappa shape index (κ3) is 2.14. The molecule has 0 amide bonds. The molecule has 0 aliphatic heterocycles. The first-order chi connectivity index (χ1) is 4.24. The van der Waals surface area contributed by atoms with Gasteiger partial charge in [-0.2, -0.15) is 0 Å². The zero-order valence-electron chi connectivity index (χ0n) is 5.83. The molecule has 0 saturated carbocycles. The van der Waals surface area contributed by atoms with Gasteiger partial charge in [0, 0.05) is 0 Å². The van der Waals surface area contributed by atoms with Crippen LogP contribution in [0.3, 0.4) is 0 Å². The van der Waals surface area contributed by atoms with Crippen LogP contribution in [0.5, 0.6) is 0 Å². The summed E-state index contributed by atoms with van der Waals surface area (Å²) in [4.78, 5) is 0. The average molecular weight is 127 g/mol. The number of hydrogen-bond donors (Lipinski definition) is 0. The van der Waals surface area contributed by atoms with Gasteiger partial charge in [0.1, 0.15) is 0 Å². The molecule has 0 heterocycles. The summed E-state index contributed by atoms with van der Waals surface area (Å²) in [6.07, 6.45) is -2.53. The maximum atomic E-state index is 8.18. The van der Waals surface area contributed by atoms with Gasteiger partial charge in [-0.25, -0.2) is 15.8 Å². The first-order valence-corrected chi connectivity index (χ1v) is 2.18. The fourth-order valence-electron chi connectivity index (χ4n) is 0.245. The first kappa shape index (κ1) is 11.8. The second-order valence-electron chi connectivity index (χ2n) is 1.41. The monoisotopic (exact) mass is 127 g/mol. The van der Waals surface area contributed by atoms with Gasteiger partial charge in [0.2, 0.25) is 0 Å². The standard InChI is InChI=1S/C4H3BN3O.Li/c1-9-5(2-6,3-7)4-8;/h1H3;/q-1;+1. The van der Waals surface area contributed by atoms with Crippen molar-refractivity contribution in [3.63, 3.8) is 0 Å². The van der Waals surface area contributed by atoms with E-state index in [1.54, 1.807) is 0 Å². The molecule has 0 aromatic rings. The van der Waals surface area contributed by atoms with E-state index < -0.39 is 6.35 Å². The molecule has 44 valence electrons. The van der Waals surface area contributed by atoms with Crippen LogP contribution < -0.4 is 18.9 Å². The number of hydrogen-bond acceptors (Lipinski definition) is 4. The minimum Gasteiger partial charge on any atom is -0.559 e. The molecule has 0 aromatic carbocycles. The van der Waals surface area contributed by atoms with Gasteiger partial charge in [-0.15, -0.1) is 0 Å². The summed E-state index contributed by atoms with van der Waals surface area (Å²) >= 11 is 0. The third-order valence-corrected chi connectivity index (χ3v) is 0.899. The maximum absolute atomic E-state index is 8.18. The summed E-state index contributed by atoms with van der Waals surface area (Å²) in [6, 6.07) is 0. The predicted octanol–water partition coefficient (Wildman–Crippen LogP) is -3.23. The van der Waals surface area contributed by atoms with E-state index in [1.165, 1.54) is 17.9 Å². The van der Waals surface area contributed by atoms with Crippen LogP contribution in [0.15, 0.2) is 0 Å². The van der Waals surface area contributed by atoms with Crippen LogP contribution in [0.25, 0.3) is 0 Å². The normalized spacial score (nSPS) is 7.80. The van der Waals surface area contributed by atoms with Gasteiger partial charge in [-0.3, -0.25) is 0 Å². The summed E-state index contributed by atoms with van der Waals surface area (Å²) in [5, 5.41) is 24.6. The van der Waals surface area contributed by atoms with E-state index in [4.69, 9.17) is 15.8 Å². The van der Waals surface area contributed by atoms with Crippen molar-refractivity contribution in [2.75, 3.05) is 7.11 Å². The molecule has 0 fully saturated rings. The number of nitriles is 3. The largest absolute Gasteiger partial charge is 1.00 e. The molecule has 0 saturated heterocycles. The van der Waals surface area contributed by atoms with E-state index in [9.17, 15) is 0 Å². The summed E-state index contributed by atoms with van der Waals surface area (Å²) in [5.74, 6) is 4.45. The van der Waals surface area contributed by atoms with Crippen molar-refractivity contribution < 1.29 is 23.5 Å². The molecule has 6 heteroatoms. The van der Waals surface area contributed by atoms with Crippen molar-refractivity contribution in [3.05, 3.63) is 0 Å². The van der Waals surface area contributed by atoms with E-state index in [1.807, 2.05) is 0 Å². The van der Waals surface area contributed by atoms with Crippen LogP contribution in [0.2, 0.25) is 0 Å². The van der Waals surface area contributed by atoms with Crippen LogP contribution in [-0.2, 0) is 4.65 Å². The number of nitrogens with zero attached hydrogens (tertiary/aromatic N) is 3. The molecular formula is C4H3BLiN3O. The number of rotatable bonds is 1. The van der Waals surface area contributed by atoms with Crippen molar-refractivity contribution in [2.45, 2.75) is 0 Å². The molecule has 0 rings (SSSR count). The van der Waals surface area contributed by atoms with E-state index in [2.05, 4.69) is 4.65 Å². The van der Waals surface area contributed by atoms with E-state index in [0.717, 1.165) is 7.11 Å². The van der Waals surface area contributed by atoms with Crippen LogP contribution in [0, 0.1) is 33.7 Å². The molecule has 0 radical (unpaired) electrons. The quantitative estimate of drug-likeness (QED) is 0.346. The van der Waals surface area contributed by atoms with Gasteiger partial charge in [0.25, 0.3) is 0 Å². The zero-order chi connectivity index (χ0) is 7.33. The summed E-state index contributed by atoms with van der Waals surface area (Å²) < 4.78 is 4.36. The Morgan fingerprint density at radius 3 is 1.40 bits per heavy atom. The Labute approximate surface area is 71.1 Å². The molecule has 0 aromatic heterocycles. The van der Waals surface area contributed by atoms with Gasteiger partial charge in [-0.05, 0) is 7.11 Å². The molecule has 0 unspecified atom stereocenters. The Balaban J connectivity index is 0. The Morgan fingerprint density at radius 1 is 1.10 bits per heavy atom. The molecule has 0 atom stereocenters. The Morgan fingerprint density at radius 2 is 1.40 bits per heavy atom. The van der Waals surface area contributed by atoms with Crippen molar-refractivity contribution in [3.8, 4) is 17.9 Å². The van der Waals surface area contributed by atoms with Crippen molar-refractivity contribution in [2.24, 2.45) is 0 Å². The van der Waals surface area contributed by atoms with Gasteiger partial charge < -0.3 is 4.65 Å². The van der Waals surface area contributed by atoms with Crippen LogP contribution in [-0.4, -0.2) is 13.5 Å². The van der Waals surface area contributed by atoms with E-state index in [-0.39, 0.29) is 18.9 Å². The second-order valence-corrected chi connectivity index (χ2v) is 1.41. The molecule has 0 aliphatic rings. The second kappa shape index (κ2) is 4.92. The summed E-state index contributed by atoms with van der Waals surface area (Å²) in [6.45, 7) is 0. The third-order valence-electron chi connectivity index (χ3n) is 0.899. The zero-order valence-corrected chi connectivity index (χ0v) is 5.83. The van der Waals surface area contributed by atoms with Crippen LogP contribution >= 0.6 is 0 Å². The molecule has 10 heavy (non-hydrogen) atoms. The molecular weight excluding hydrogens is 124 g/mol.